The number of aliphatic carboxylic acids is 1. The van der Waals surface area contributed by atoms with Crippen molar-refractivity contribution in [1.82, 2.24) is 0 Å². The molecule has 4 aliphatic rings. The van der Waals surface area contributed by atoms with Crippen LogP contribution in [0.15, 0.2) is 0 Å². The van der Waals surface area contributed by atoms with Crippen molar-refractivity contribution in [3.05, 3.63) is 0 Å². The van der Waals surface area contributed by atoms with Crippen molar-refractivity contribution >= 4 is 5.97 Å². The van der Waals surface area contributed by atoms with Crippen molar-refractivity contribution in [1.29, 1.82) is 0 Å². The van der Waals surface area contributed by atoms with Gasteiger partial charge in [0.1, 0.15) is 5.54 Å². The SMILES string of the molecule is NC1(C(=O)O)[C@H]2CC3C[C@H]1CC(O)(C3)C2. The molecule has 4 aliphatic carbocycles. The Balaban J connectivity index is 2.01. The monoisotopic (exact) mass is 211 g/mol. The van der Waals surface area contributed by atoms with Crippen LogP contribution in [0, 0.1) is 17.8 Å². The Morgan fingerprint density at radius 2 is 1.73 bits per heavy atom. The fourth-order valence-electron chi connectivity index (χ4n) is 4.35. The highest BCUT2D eigenvalue weighted by molar-refractivity contribution is 5.80. The largest absolute Gasteiger partial charge is 0.480 e. The van der Waals surface area contributed by atoms with Crippen molar-refractivity contribution in [3.8, 4) is 0 Å². The Kier molecular flexibility index (Phi) is 1.63. The molecule has 4 rings (SSSR count). The van der Waals surface area contributed by atoms with Gasteiger partial charge in [0.25, 0.3) is 0 Å². The fraction of sp³-hybridized carbons (Fsp3) is 0.909. The fourth-order valence-corrected chi connectivity index (χ4v) is 4.35. The Morgan fingerprint density at radius 3 is 2.13 bits per heavy atom. The predicted molar refractivity (Wildman–Crippen MR) is 53.1 cm³/mol. The van der Waals surface area contributed by atoms with E-state index < -0.39 is 17.1 Å². The molecule has 0 radical (unpaired) electrons. The molecule has 4 saturated carbocycles. The molecular formula is C11H17NO3. The maximum absolute atomic E-state index is 11.3. The van der Waals surface area contributed by atoms with E-state index >= 15 is 0 Å². The lowest BCUT2D eigenvalue weighted by molar-refractivity contribution is -0.183. The lowest BCUT2D eigenvalue weighted by Gasteiger charge is -2.60. The van der Waals surface area contributed by atoms with Crippen LogP contribution in [0.1, 0.15) is 32.1 Å². The third kappa shape index (κ3) is 1.06. The smallest absolute Gasteiger partial charge is 0.324 e. The van der Waals surface area contributed by atoms with E-state index in [-0.39, 0.29) is 11.8 Å². The Hall–Kier alpha value is -0.610. The number of carboxylic acid groups (broad SMARTS) is 1. The van der Waals surface area contributed by atoms with Crippen LogP contribution in [-0.2, 0) is 4.79 Å². The van der Waals surface area contributed by atoms with Gasteiger partial charge in [-0.05, 0) is 49.9 Å². The molecule has 0 aliphatic heterocycles. The van der Waals surface area contributed by atoms with Gasteiger partial charge in [0.15, 0.2) is 0 Å². The van der Waals surface area contributed by atoms with Gasteiger partial charge in [0.05, 0.1) is 5.60 Å². The first-order chi connectivity index (χ1) is 6.94. The Morgan fingerprint density at radius 1 is 1.20 bits per heavy atom. The minimum absolute atomic E-state index is 0.0220. The molecule has 4 bridgehead atoms. The van der Waals surface area contributed by atoms with E-state index in [4.69, 9.17) is 5.73 Å². The van der Waals surface area contributed by atoms with Gasteiger partial charge < -0.3 is 15.9 Å². The van der Waals surface area contributed by atoms with Gasteiger partial charge in [0.2, 0.25) is 0 Å². The van der Waals surface area contributed by atoms with Crippen LogP contribution in [0.25, 0.3) is 0 Å². The van der Waals surface area contributed by atoms with Crippen LogP contribution in [0.2, 0.25) is 0 Å². The van der Waals surface area contributed by atoms with Gasteiger partial charge in [-0.2, -0.15) is 0 Å². The number of nitrogens with two attached hydrogens (primary N) is 1. The predicted octanol–water partition coefficient (Wildman–Crippen LogP) is 0.339. The molecule has 84 valence electrons. The van der Waals surface area contributed by atoms with Gasteiger partial charge in [-0.3, -0.25) is 4.79 Å². The zero-order valence-corrected chi connectivity index (χ0v) is 8.65. The molecule has 4 nitrogen and oxygen atoms in total. The van der Waals surface area contributed by atoms with Gasteiger partial charge in [0, 0.05) is 0 Å². The molecule has 0 amide bonds. The normalized spacial score (nSPS) is 57.1. The molecule has 0 saturated heterocycles. The second-order valence-electron chi connectivity index (χ2n) is 5.81. The quantitative estimate of drug-likeness (QED) is 0.584. The molecule has 0 heterocycles. The summed E-state index contributed by atoms with van der Waals surface area (Å²) < 4.78 is 0. The van der Waals surface area contributed by atoms with Crippen molar-refractivity contribution in [3.63, 3.8) is 0 Å². The van der Waals surface area contributed by atoms with E-state index in [0.717, 1.165) is 19.3 Å². The average molecular weight is 211 g/mol. The summed E-state index contributed by atoms with van der Waals surface area (Å²) in [4.78, 5) is 11.3. The number of aliphatic hydroxyl groups is 1. The molecule has 2 atom stereocenters. The summed E-state index contributed by atoms with van der Waals surface area (Å²) in [5.74, 6) is -0.416. The molecule has 4 fully saturated rings. The zero-order valence-electron chi connectivity index (χ0n) is 8.65. The second kappa shape index (κ2) is 2.55. The van der Waals surface area contributed by atoms with Gasteiger partial charge in [-0.15, -0.1) is 0 Å². The summed E-state index contributed by atoms with van der Waals surface area (Å²) in [5, 5.41) is 19.5. The topological polar surface area (TPSA) is 83.6 Å². The summed E-state index contributed by atoms with van der Waals surface area (Å²) in [6.45, 7) is 0. The van der Waals surface area contributed by atoms with E-state index in [2.05, 4.69) is 0 Å². The first-order valence-electron chi connectivity index (χ1n) is 5.69. The minimum Gasteiger partial charge on any atom is -0.480 e. The van der Waals surface area contributed by atoms with Crippen LogP contribution in [0.4, 0.5) is 0 Å². The summed E-state index contributed by atoms with van der Waals surface area (Å²) in [6.07, 6.45) is 3.81. The number of rotatable bonds is 1. The van der Waals surface area contributed by atoms with E-state index in [1.807, 2.05) is 0 Å². The summed E-state index contributed by atoms with van der Waals surface area (Å²) in [5.41, 5.74) is 4.41. The molecule has 0 aromatic rings. The van der Waals surface area contributed by atoms with E-state index in [1.165, 1.54) is 0 Å². The van der Waals surface area contributed by atoms with Crippen LogP contribution in [-0.4, -0.2) is 27.3 Å². The van der Waals surface area contributed by atoms with Crippen molar-refractivity contribution in [2.75, 3.05) is 0 Å². The highest BCUT2D eigenvalue weighted by Crippen LogP contribution is 2.59. The number of hydrogen-bond acceptors (Lipinski definition) is 3. The van der Waals surface area contributed by atoms with Crippen LogP contribution < -0.4 is 5.73 Å². The maximum Gasteiger partial charge on any atom is 0.324 e. The average Bonchev–Trinajstić information content (AvgIpc) is 2.10. The van der Waals surface area contributed by atoms with Crippen LogP contribution >= 0.6 is 0 Å². The third-order valence-electron chi connectivity index (χ3n) is 4.88. The number of carboxylic acids is 1. The van der Waals surface area contributed by atoms with Crippen molar-refractivity contribution in [2.45, 2.75) is 43.2 Å². The van der Waals surface area contributed by atoms with E-state index in [1.54, 1.807) is 0 Å². The Bertz CT molecular complexity index is 312. The zero-order chi connectivity index (χ0) is 10.8. The standard InChI is InChI=1S/C11H17NO3/c12-11(9(13)14)7-1-6-2-8(11)5-10(15,3-6)4-7/h6-8,15H,1-5,12H2,(H,13,14)/t6?,7-,8-,10?,11?/m0/s1. The highest BCUT2D eigenvalue weighted by Gasteiger charge is 2.63. The summed E-state index contributed by atoms with van der Waals surface area (Å²) in [6, 6.07) is 0. The maximum atomic E-state index is 11.3. The molecule has 15 heavy (non-hydrogen) atoms. The second-order valence-corrected chi connectivity index (χ2v) is 5.81. The lowest BCUT2D eigenvalue weighted by atomic mass is 9.47. The molecule has 0 spiro atoms. The highest BCUT2D eigenvalue weighted by atomic mass is 16.4. The van der Waals surface area contributed by atoms with Gasteiger partial charge >= 0.3 is 5.97 Å². The van der Waals surface area contributed by atoms with Crippen molar-refractivity contribution in [2.24, 2.45) is 23.5 Å². The Labute approximate surface area is 88.5 Å². The first-order valence-corrected chi connectivity index (χ1v) is 5.69. The van der Waals surface area contributed by atoms with Gasteiger partial charge in [-0.1, -0.05) is 0 Å². The summed E-state index contributed by atoms with van der Waals surface area (Å²) >= 11 is 0. The number of carbonyl (C=O) groups is 1. The van der Waals surface area contributed by atoms with Crippen LogP contribution in [0.3, 0.4) is 0 Å². The molecule has 4 N–H and O–H groups in total. The van der Waals surface area contributed by atoms with Crippen LogP contribution in [0.5, 0.6) is 0 Å². The minimum atomic E-state index is -1.07. The van der Waals surface area contributed by atoms with E-state index in [9.17, 15) is 15.0 Å². The first kappa shape index (κ1) is 9.60. The molecule has 0 aromatic carbocycles. The molecule has 0 aromatic heterocycles. The molecule has 0 unspecified atom stereocenters. The molecule has 4 heteroatoms. The third-order valence-corrected chi connectivity index (χ3v) is 4.88. The van der Waals surface area contributed by atoms with Gasteiger partial charge in [-0.25, -0.2) is 0 Å². The number of hydrogen-bond donors (Lipinski definition) is 3. The van der Waals surface area contributed by atoms with E-state index in [0.29, 0.717) is 18.8 Å². The lowest BCUT2D eigenvalue weighted by Crippen LogP contribution is -2.70. The van der Waals surface area contributed by atoms with Crippen molar-refractivity contribution < 1.29 is 15.0 Å². The summed E-state index contributed by atoms with van der Waals surface area (Å²) in [7, 11) is 0. The molecular weight excluding hydrogens is 194 g/mol.